The van der Waals surface area contributed by atoms with Crippen LogP contribution in [0.3, 0.4) is 0 Å². The molecular formula is C14H17ClN4S. The molecule has 3 rings (SSSR count). The third-order valence-corrected chi connectivity index (χ3v) is 4.50. The lowest BCUT2D eigenvalue weighted by Gasteiger charge is -2.07. The quantitative estimate of drug-likeness (QED) is 0.677. The standard InChI is InChI=1S/C14H17ClN4S/c1-3-11-13-14(18(2)17-11)19(12(8-15)16-13)6-4-10-5-7-20-9-10/h5,7,9H,3-4,6,8H2,1-2H3. The van der Waals surface area contributed by atoms with Crippen LogP contribution < -0.4 is 0 Å². The van der Waals surface area contributed by atoms with Crippen LogP contribution in [0.2, 0.25) is 0 Å². The number of rotatable bonds is 5. The van der Waals surface area contributed by atoms with Gasteiger partial charge in [0.05, 0.1) is 11.6 Å². The minimum absolute atomic E-state index is 0.432. The minimum Gasteiger partial charge on any atom is -0.312 e. The zero-order chi connectivity index (χ0) is 14.1. The largest absolute Gasteiger partial charge is 0.312 e. The molecule has 6 heteroatoms. The summed E-state index contributed by atoms with van der Waals surface area (Å²) in [6.07, 6.45) is 1.88. The van der Waals surface area contributed by atoms with Crippen LogP contribution in [0.5, 0.6) is 0 Å². The summed E-state index contributed by atoms with van der Waals surface area (Å²) < 4.78 is 4.12. The van der Waals surface area contributed by atoms with Gasteiger partial charge in [0.2, 0.25) is 0 Å². The van der Waals surface area contributed by atoms with E-state index >= 15 is 0 Å². The van der Waals surface area contributed by atoms with Gasteiger partial charge in [-0.3, -0.25) is 4.68 Å². The third-order valence-electron chi connectivity index (χ3n) is 3.53. The van der Waals surface area contributed by atoms with Crippen LogP contribution in [-0.2, 0) is 32.3 Å². The first kappa shape index (κ1) is 13.6. The smallest absolute Gasteiger partial charge is 0.158 e. The lowest BCUT2D eigenvalue weighted by molar-refractivity contribution is 0.650. The van der Waals surface area contributed by atoms with Crippen molar-refractivity contribution in [3.63, 3.8) is 0 Å². The summed E-state index contributed by atoms with van der Waals surface area (Å²) in [5.74, 6) is 1.36. The normalized spacial score (nSPS) is 11.6. The van der Waals surface area contributed by atoms with Crippen molar-refractivity contribution in [2.24, 2.45) is 7.05 Å². The maximum atomic E-state index is 6.06. The first-order valence-corrected chi connectivity index (χ1v) is 8.20. The summed E-state index contributed by atoms with van der Waals surface area (Å²) in [4.78, 5) is 4.67. The Morgan fingerprint density at radius 2 is 2.25 bits per heavy atom. The fourth-order valence-electron chi connectivity index (χ4n) is 2.54. The first-order valence-electron chi connectivity index (χ1n) is 6.72. The van der Waals surface area contributed by atoms with Crippen LogP contribution in [0.15, 0.2) is 16.8 Å². The third kappa shape index (κ3) is 2.25. The number of imidazole rings is 1. The van der Waals surface area contributed by atoms with E-state index in [1.807, 2.05) is 11.7 Å². The van der Waals surface area contributed by atoms with Crippen molar-refractivity contribution in [1.82, 2.24) is 19.3 Å². The van der Waals surface area contributed by atoms with Crippen molar-refractivity contribution in [3.05, 3.63) is 33.9 Å². The molecule has 0 amide bonds. The Balaban J connectivity index is 2.01. The highest BCUT2D eigenvalue weighted by Crippen LogP contribution is 2.22. The molecule has 0 aliphatic heterocycles. The molecule has 3 aromatic rings. The molecule has 3 aromatic heterocycles. The van der Waals surface area contributed by atoms with E-state index in [9.17, 15) is 0 Å². The molecule has 106 valence electrons. The van der Waals surface area contributed by atoms with Crippen molar-refractivity contribution < 1.29 is 0 Å². The molecular weight excluding hydrogens is 292 g/mol. The molecule has 0 fully saturated rings. The lowest BCUT2D eigenvalue weighted by atomic mass is 10.2. The van der Waals surface area contributed by atoms with Gasteiger partial charge < -0.3 is 4.57 Å². The maximum absolute atomic E-state index is 6.06. The average Bonchev–Trinajstić information content (AvgIpc) is 3.13. The van der Waals surface area contributed by atoms with E-state index in [-0.39, 0.29) is 0 Å². The second kappa shape index (κ2) is 5.58. The van der Waals surface area contributed by atoms with Crippen LogP contribution >= 0.6 is 22.9 Å². The topological polar surface area (TPSA) is 35.6 Å². The first-order chi connectivity index (χ1) is 9.74. The zero-order valence-corrected chi connectivity index (χ0v) is 13.2. The van der Waals surface area contributed by atoms with Gasteiger partial charge in [-0.2, -0.15) is 16.4 Å². The predicted octanol–water partition coefficient (Wildman–Crippen LogP) is 3.38. The molecule has 0 aliphatic rings. The summed E-state index contributed by atoms with van der Waals surface area (Å²) >= 11 is 7.79. The predicted molar refractivity (Wildman–Crippen MR) is 83.5 cm³/mol. The van der Waals surface area contributed by atoms with E-state index in [0.29, 0.717) is 5.88 Å². The highest BCUT2D eigenvalue weighted by atomic mass is 35.5. The van der Waals surface area contributed by atoms with Crippen LogP contribution in [-0.4, -0.2) is 19.3 Å². The van der Waals surface area contributed by atoms with Crippen molar-refractivity contribution in [1.29, 1.82) is 0 Å². The van der Waals surface area contributed by atoms with Crippen molar-refractivity contribution in [2.75, 3.05) is 0 Å². The SMILES string of the molecule is CCc1nn(C)c2c1nc(CCl)n2CCc1ccsc1. The number of nitrogens with zero attached hydrogens (tertiary/aromatic N) is 4. The molecule has 0 N–H and O–H groups in total. The molecule has 0 radical (unpaired) electrons. The number of aryl methyl sites for hydroxylation is 4. The Morgan fingerprint density at radius 3 is 2.90 bits per heavy atom. The second-order valence-electron chi connectivity index (χ2n) is 4.79. The fraction of sp³-hybridized carbons (Fsp3) is 0.429. The Morgan fingerprint density at radius 1 is 1.40 bits per heavy atom. The van der Waals surface area contributed by atoms with E-state index in [0.717, 1.165) is 42.1 Å². The summed E-state index contributed by atoms with van der Waals surface area (Å²) in [5, 5.41) is 8.84. The molecule has 3 heterocycles. The molecule has 0 unspecified atom stereocenters. The second-order valence-corrected chi connectivity index (χ2v) is 5.84. The summed E-state index contributed by atoms with van der Waals surface area (Å²) in [7, 11) is 1.97. The van der Waals surface area contributed by atoms with E-state index in [1.54, 1.807) is 11.3 Å². The van der Waals surface area contributed by atoms with Crippen LogP contribution in [0, 0.1) is 0 Å². The molecule has 0 aromatic carbocycles. The molecule has 0 atom stereocenters. The number of hydrogen-bond donors (Lipinski definition) is 0. The Labute approximate surface area is 127 Å². The number of alkyl halides is 1. The van der Waals surface area contributed by atoms with Crippen LogP contribution in [0.4, 0.5) is 0 Å². The van der Waals surface area contributed by atoms with Gasteiger partial charge in [-0.1, -0.05) is 6.92 Å². The fourth-order valence-corrected chi connectivity index (χ4v) is 3.44. The minimum atomic E-state index is 0.432. The van der Waals surface area contributed by atoms with Gasteiger partial charge in [0.25, 0.3) is 0 Å². The molecule has 0 aliphatic carbocycles. The molecule has 0 bridgehead atoms. The number of hydrogen-bond acceptors (Lipinski definition) is 3. The monoisotopic (exact) mass is 308 g/mol. The number of fused-ring (bicyclic) bond motifs is 1. The average molecular weight is 309 g/mol. The van der Waals surface area contributed by atoms with E-state index in [2.05, 4.69) is 38.4 Å². The molecule has 20 heavy (non-hydrogen) atoms. The van der Waals surface area contributed by atoms with Gasteiger partial charge in [0, 0.05) is 13.6 Å². The van der Waals surface area contributed by atoms with Gasteiger partial charge >= 0.3 is 0 Å². The van der Waals surface area contributed by atoms with Crippen molar-refractivity contribution in [2.45, 2.75) is 32.2 Å². The Kier molecular flexibility index (Phi) is 3.81. The number of thiophene rings is 1. The highest BCUT2D eigenvalue weighted by Gasteiger charge is 2.17. The summed E-state index contributed by atoms with van der Waals surface area (Å²) in [5.41, 5.74) is 4.47. The summed E-state index contributed by atoms with van der Waals surface area (Å²) in [6.45, 7) is 2.99. The van der Waals surface area contributed by atoms with Gasteiger partial charge in [0.1, 0.15) is 11.3 Å². The van der Waals surface area contributed by atoms with E-state index < -0.39 is 0 Å². The van der Waals surface area contributed by atoms with Crippen molar-refractivity contribution in [3.8, 4) is 0 Å². The Hall–Kier alpha value is -1.33. The van der Waals surface area contributed by atoms with E-state index in [4.69, 9.17) is 11.6 Å². The molecule has 0 saturated heterocycles. The van der Waals surface area contributed by atoms with Crippen LogP contribution in [0.1, 0.15) is 24.0 Å². The number of halogens is 1. The Bertz CT molecular complexity index is 711. The molecule has 4 nitrogen and oxygen atoms in total. The highest BCUT2D eigenvalue weighted by molar-refractivity contribution is 7.07. The van der Waals surface area contributed by atoms with Gasteiger partial charge in [-0.25, -0.2) is 4.98 Å². The maximum Gasteiger partial charge on any atom is 0.158 e. The van der Waals surface area contributed by atoms with Crippen molar-refractivity contribution >= 4 is 34.1 Å². The summed E-state index contributed by atoms with van der Waals surface area (Å²) in [6, 6.07) is 2.17. The number of aromatic nitrogens is 4. The van der Waals surface area contributed by atoms with Gasteiger partial charge in [0.15, 0.2) is 5.65 Å². The van der Waals surface area contributed by atoms with Gasteiger partial charge in [-0.05, 0) is 35.2 Å². The van der Waals surface area contributed by atoms with E-state index in [1.165, 1.54) is 5.56 Å². The van der Waals surface area contributed by atoms with Gasteiger partial charge in [-0.15, -0.1) is 11.6 Å². The molecule has 0 spiro atoms. The zero-order valence-electron chi connectivity index (χ0n) is 11.6. The lowest BCUT2D eigenvalue weighted by Crippen LogP contribution is -2.08. The molecule has 0 saturated carbocycles. The van der Waals surface area contributed by atoms with Crippen LogP contribution in [0.25, 0.3) is 11.2 Å².